The molecule has 0 saturated carbocycles. The smallest absolute Gasteiger partial charge is 0.268 e. The maximum absolute atomic E-state index is 14.5. The number of carbonyl (C=O) groups is 1. The van der Waals surface area contributed by atoms with Crippen LogP contribution in [-0.4, -0.2) is 25.1 Å². The van der Waals surface area contributed by atoms with Gasteiger partial charge in [0.1, 0.15) is 12.8 Å². The third-order valence-electron chi connectivity index (χ3n) is 5.58. The summed E-state index contributed by atoms with van der Waals surface area (Å²) >= 11 is 6.28. The summed E-state index contributed by atoms with van der Waals surface area (Å²) < 4.78 is 21.7. The van der Waals surface area contributed by atoms with Crippen molar-refractivity contribution in [3.63, 3.8) is 0 Å². The summed E-state index contributed by atoms with van der Waals surface area (Å²) in [6, 6.07) is 14.0. The van der Waals surface area contributed by atoms with Gasteiger partial charge < -0.3 is 14.8 Å². The summed E-state index contributed by atoms with van der Waals surface area (Å²) in [5.41, 5.74) is 2.94. The van der Waals surface area contributed by atoms with Crippen molar-refractivity contribution in [1.29, 1.82) is 0 Å². The fourth-order valence-electron chi connectivity index (χ4n) is 3.95. The maximum atomic E-state index is 14.5. The molecule has 0 fully saturated rings. The fourth-order valence-corrected chi connectivity index (χ4v) is 6.41. The number of hydrogen-bond donors (Lipinski definition) is 2. The highest BCUT2D eigenvalue weighted by atomic mass is 35.5. The summed E-state index contributed by atoms with van der Waals surface area (Å²) in [6.07, 6.45) is 9.11. The number of aromatic amines is 1. The first-order chi connectivity index (χ1) is 16.8. The van der Waals surface area contributed by atoms with Gasteiger partial charge in [-0.1, -0.05) is 17.5 Å². The Morgan fingerprint density at radius 1 is 1.23 bits per heavy atom. The number of terminal acetylenes is 1. The quantitative estimate of drug-likeness (QED) is 0.228. The largest absolute Gasteiger partial charge is 0.350 e. The van der Waals surface area contributed by atoms with Crippen molar-refractivity contribution < 1.29 is 23.5 Å². The lowest BCUT2D eigenvalue weighted by atomic mass is 10.1. The van der Waals surface area contributed by atoms with Crippen molar-refractivity contribution >= 4 is 46.4 Å². The van der Waals surface area contributed by atoms with Crippen molar-refractivity contribution in [2.24, 2.45) is 0 Å². The third kappa shape index (κ3) is 4.82. The van der Waals surface area contributed by atoms with E-state index in [4.69, 9.17) is 27.4 Å². The molecule has 0 aliphatic carbocycles. The van der Waals surface area contributed by atoms with E-state index >= 15 is 0 Å². The first-order valence-electron chi connectivity index (χ1n) is 10.7. The minimum Gasteiger partial charge on any atom is -0.350 e. The highest BCUT2D eigenvalue weighted by Gasteiger charge is 2.36. The lowest BCUT2D eigenvalue weighted by molar-refractivity contribution is -0.885. The maximum Gasteiger partial charge on any atom is 0.268 e. The van der Waals surface area contributed by atoms with Crippen molar-refractivity contribution in [3.05, 3.63) is 88.3 Å². The summed E-state index contributed by atoms with van der Waals surface area (Å²) in [4.78, 5) is 21.7. The molecule has 2 aromatic carbocycles. The average molecular weight is 509 g/mol. The summed E-state index contributed by atoms with van der Waals surface area (Å²) in [5, 5.41) is 4.49. The standard InChI is InChI=1S/C26H23ClN3O4P/c1-5-18-11-17(2)12-21(13-18)35(32,34-4)25-22-14-20(27)8-9-23(22)29-24(25)26(31)28-15-19-7-6-10-30(16-19)33-3/h1,6-14,16H,15H2,2-4H3,(H-,28,29,31,32)/p+1. The van der Waals surface area contributed by atoms with Crippen LogP contribution in [0.15, 0.2) is 60.9 Å². The van der Waals surface area contributed by atoms with E-state index in [0.29, 0.717) is 26.8 Å². The van der Waals surface area contributed by atoms with Crippen LogP contribution in [-0.2, 0) is 15.6 Å². The number of H-pyrrole nitrogens is 1. The van der Waals surface area contributed by atoms with Crippen LogP contribution in [0.5, 0.6) is 0 Å². The zero-order valence-electron chi connectivity index (χ0n) is 19.5. The topological polar surface area (TPSA) is 84.3 Å². The van der Waals surface area contributed by atoms with Crippen LogP contribution in [0.1, 0.15) is 27.2 Å². The molecule has 0 bridgehead atoms. The molecule has 1 amide bonds. The first kappa shape index (κ1) is 24.6. The monoisotopic (exact) mass is 508 g/mol. The Morgan fingerprint density at radius 3 is 2.74 bits per heavy atom. The highest BCUT2D eigenvalue weighted by Crippen LogP contribution is 2.47. The molecule has 4 aromatic rings. The zero-order valence-corrected chi connectivity index (χ0v) is 21.1. The highest BCUT2D eigenvalue weighted by molar-refractivity contribution is 7.75. The molecule has 0 radical (unpaired) electrons. The van der Waals surface area contributed by atoms with Gasteiger partial charge >= 0.3 is 0 Å². The Bertz CT molecular complexity index is 1520. The van der Waals surface area contributed by atoms with E-state index < -0.39 is 13.3 Å². The number of pyridine rings is 1. The third-order valence-corrected chi connectivity index (χ3v) is 8.32. The Balaban J connectivity index is 1.84. The molecule has 178 valence electrons. The normalized spacial score (nSPS) is 12.7. The van der Waals surface area contributed by atoms with Gasteiger partial charge in [-0.3, -0.25) is 14.2 Å². The number of amides is 1. The van der Waals surface area contributed by atoms with E-state index in [1.165, 1.54) is 11.8 Å². The number of benzene rings is 2. The van der Waals surface area contributed by atoms with Gasteiger partial charge in [-0.2, -0.15) is 0 Å². The van der Waals surface area contributed by atoms with E-state index in [0.717, 1.165) is 11.1 Å². The van der Waals surface area contributed by atoms with Gasteiger partial charge in [0.05, 0.1) is 5.30 Å². The van der Waals surface area contributed by atoms with E-state index in [1.807, 2.05) is 19.1 Å². The molecule has 2 aromatic heterocycles. The molecule has 0 saturated heterocycles. The molecule has 9 heteroatoms. The second-order valence-electron chi connectivity index (χ2n) is 7.91. The average Bonchev–Trinajstić information content (AvgIpc) is 3.25. The Labute approximate surface area is 208 Å². The van der Waals surface area contributed by atoms with Crippen molar-refractivity contribution in [3.8, 4) is 12.3 Å². The zero-order chi connectivity index (χ0) is 25.2. The number of nitrogens with zero attached hydrogens (tertiary/aromatic N) is 1. The number of rotatable bonds is 7. The van der Waals surface area contributed by atoms with E-state index in [2.05, 4.69) is 16.2 Å². The van der Waals surface area contributed by atoms with Crippen LogP contribution in [0.25, 0.3) is 10.9 Å². The molecule has 0 aliphatic rings. The molecule has 35 heavy (non-hydrogen) atoms. The molecule has 0 spiro atoms. The molecular weight excluding hydrogens is 485 g/mol. The molecule has 4 rings (SSSR count). The fraction of sp³-hybridized carbons (Fsp3) is 0.154. The molecule has 1 atom stereocenters. The molecule has 2 heterocycles. The Kier molecular flexibility index (Phi) is 7.00. The van der Waals surface area contributed by atoms with Gasteiger partial charge in [-0.05, 0) is 55.0 Å². The molecular formula is C26H24ClN3O4P+. The molecule has 0 aliphatic heterocycles. The van der Waals surface area contributed by atoms with E-state index in [-0.39, 0.29) is 17.5 Å². The summed E-state index contributed by atoms with van der Waals surface area (Å²) in [6.45, 7) is 2.08. The van der Waals surface area contributed by atoms with Gasteiger partial charge in [0.15, 0.2) is 0 Å². The molecule has 7 nitrogen and oxygen atoms in total. The van der Waals surface area contributed by atoms with E-state index in [9.17, 15) is 9.36 Å². The van der Waals surface area contributed by atoms with Gasteiger partial charge in [-0.15, -0.1) is 6.42 Å². The van der Waals surface area contributed by atoms with Crippen molar-refractivity contribution in [1.82, 2.24) is 10.3 Å². The lowest BCUT2D eigenvalue weighted by Gasteiger charge is -2.19. The predicted octanol–water partition coefficient (Wildman–Crippen LogP) is 3.26. The van der Waals surface area contributed by atoms with Crippen LogP contribution in [0, 0.1) is 19.3 Å². The number of nitrogens with one attached hydrogen (secondary N) is 2. The molecule has 2 N–H and O–H groups in total. The number of hydrogen-bond acceptors (Lipinski definition) is 4. The van der Waals surface area contributed by atoms with E-state index in [1.54, 1.807) is 55.9 Å². The number of fused-ring (bicyclic) bond motifs is 1. The molecule has 1 unspecified atom stereocenters. The van der Waals surface area contributed by atoms with Gasteiger partial charge in [0.25, 0.3) is 13.3 Å². The van der Waals surface area contributed by atoms with Crippen LogP contribution in [0.4, 0.5) is 0 Å². The number of aryl methyl sites for hydroxylation is 1. The Hall–Kier alpha value is -3.56. The Morgan fingerprint density at radius 2 is 2.03 bits per heavy atom. The first-order valence-corrected chi connectivity index (χ1v) is 12.7. The second-order valence-corrected chi connectivity index (χ2v) is 10.8. The minimum atomic E-state index is -3.76. The summed E-state index contributed by atoms with van der Waals surface area (Å²) in [7, 11) is -0.856. The minimum absolute atomic E-state index is 0.131. The van der Waals surface area contributed by atoms with Gasteiger partial charge in [0, 0.05) is 56.8 Å². The van der Waals surface area contributed by atoms with Crippen molar-refractivity contribution in [2.75, 3.05) is 14.2 Å². The second kappa shape index (κ2) is 9.97. The van der Waals surface area contributed by atoms with Crippen LogP contribution in [0.2, 0.25) is 5.02 Å². The van der Waals surface area contributed by atoms with Gasteiger partial charge in [0.2, 0.25) is 12.4 Å². The van der Waals surface area contributed by atoms with Crippen LogP contribution < -0.4 is 25.5 Å². The van der Waals surface area contributed by atoms with Crippen LogP contribution >= 0.6 is 19.0 Å². The summed E-state index contributed by atoms with van der Waals surface area (Å²) in [5.74, 6) is 2.14. The number of halogens is 1. The predicted molar refractivity (Wildman–Crippen MR) is 137 cm³/mol. The lowest BCUT2D eigenvalue weighted by Crippen LogP contribution is -2.40. The van der Waals surface area contributed by atoms with Crippen molar-refractivity contribution in [2.45, 2.75) is 13.5 Å². The number of carbonyl (C=O) groups excluding carboxylic acids is 1. The number of aromatic nitrogens is 2. The van der Waals surface area contributed by atoms with Crippen LogP contribution in [0.3, 0.4) is 0 Å². The van der Waals surface area contributed by atoms with Gasteiger partial charge in [-0.25, -0.2) is 0 Å². The SMILES string of the molecule is C#Cc1cc(C)cc(P(=O)(OC)c2c(C(=O)NCc3ccc[n+](OC)c3)[nH]c3ccc(Cl)cc23)c1.